The molecule has 1 saturated heterocycles. The highest BCUT2D eigenvalue weighted by Gasteiger charge is 2.32. The number of carbonyl (C=O) groups is 2. The van der Waals surface area contributed by atoms with Gasteiger partial charge in [-0.2, -0.15) is 0 Å². The summed E-state index contributed by atoms with van der Waals surface area (Å²) in [5, 5.41) is 6.01. The first-order chi connectivity index (χ1) is 11.0. The van der Waals surface area contributed by atoms with Gasteiger partial charge in [0, 0.05) is 18.0 Å². The molecule has 124 valence electrons. The van der Waals surface area contributed by atoms with Crippen molar-refractivity contribution in [2.75, 3.05) is 19.0 Å². The van der Waals surface area contributed by atoms with Crippen LogP contribution in [-0.4, -0.2) is 35.9 Å². The number of carbonyl (C=O) groups excluding carboxylic acids is 2. The number of nitrogens with zero attached hydrogens (tertiary/aromatic N) is 1. The number of nitrogens with one attached hydrogen (secondary N) is 2. The fraction of sp³-hybridized carbons (Fsp3) is 0.400. The number of amidine groups is 1. The Morgan fingerprint density at radius 3 is 3.00 bits per heavy atom. The van der Waals surface area contributed by atoms with E-state index in [9.17, 15) is 9.59 Å². The molecular weight excluding hydrogens is 338 g/mol. The summed E-state index contributed by atoms with van der Waals surface area (Å²) in [6.45, 7) is 2.66. The molecule has 1 unspecified atom stereocenters. The predicted octanol–water partition coefficient (Wildman–Crippen LogP) is 2.67. The molecule has 0 aliphatic carbocycles. The van der Waals surface area contributed by atoms with Gasteiger partial charge in [-0.05, 0) is 24.6 Å². The Morgan fingerprint density at radius 1 is 1.52 bits per heavy atom. The quantitative estimate of drug-likeness (QED) is 0.822. The molecule has 0 aromatic heterocycles. The highest BCUT2D eigenvalue weighted by molar-refractivity contribution is 8.15. The summed E-state index contributed by atoms with van der Waals surface area (Å²) >= 11 is 7.21. The lowest BCUT2D eigenvalue weighted by Crippen LogP contribution is -2.28. The van der Waals surface area contributed by atoms with Gasteiger partial charge in [-0.15, -0.1) is 0 Å². The number of amides is 2. The first-order valence-electron chi connectivity index (χ1n) is 7.18. The van der Waals surface area contributed by atoms with E-state index in [1.807, 2.05) is 6.92 Å². The molecule has 23 heavy (non-hydrogen) atoms. The van der Waals surface area contributed by atoms with Gasteiger partial charge in [0.25, 0.3) is 0 Å². The first kappa shape index (κ1) is 17.6. The van der Waals surface area contributed by atoms with E-state index in [0.29, 0.717) is 28.2 Å². The molecule has 1 heterocycles. The Labute approximate surface area is 144 Å². The van der Waals surface area contributed by atoms with Crippen molar-refractivity contribution in [3.63, 3.8) is 0 Å². The molecule has 1 aliphatic rings. The molecule has 0 radical (unpaired) electrons. The van der Waals surface area contributed by atoms with Gasteiger partial charge < -0.3 is 15.4 Å². The average molecular weight is 356 g/mol. The zero-order valence-electron chi connectivity index (χ0n) is 12.9. The Bertz CT molecular complexity index is 636. The van der Waals surface area contributed by atoms with Gasteiger partial charge in [0.1, 0.15) is 11.0 Å². The third-order valence-electron chi connectivity index (χ3n) is 3.06. The lowest BCUT2D eigenvalue weighted by Gasteiger charge is -2.11. The van der Waals surface area contributed by atoms with E-state index in [1.165, 1.54) is 18.9 Å². The lowest BCUT2D eigenvalue weighted by molar-refractivity contribution is -0.122. The number of ether oxygens (including phenoxy) is 1. The van der Waals surface area contributed by atoms with Crippen LogP contribution in [0.4, 0.5) is 5.69 Å². The summed E-state index contributed by atoms with van der Waals surface area (Å²) < 4.78 is 5.18. The zero-order valence-corrected chi connectivity index (χ0v) is 14.5. The van der Waals surface area contributed by atoms with E-state index in [-0.39, 0.29) is 18.2 Å². The third-order valence-corrected chi connectivity index (χ3v) is 4.42. The highest BCUT2D eigenvalue weighted by Crippen LogP contribution is 2.29. The van der Waals surface area contributed by atoms with Crippen molar-refractivity contribution in [1.29, 1.82) is 0 Å². The minimum atomic E-state index is -0.476. The molecule has 1 aromatic rings. The molecular formula is C15H18ClN3O3S. The van der Waals surface area contributed by atoms with Gasteiger partial charge >= 0.3 is 0 Å². The molecule has 0 spiro atoms. The van der Waals surface area contributed by atoms with Crippen molar-refractivity contribution < 1.29 is 14.3 Å². The summed E-state index contributed by atoms with van der Waals surface area (Å²) in [5.74, 6) is 0.0319. The summed E-state index contributed by atoms with van der Waals surface area (Å²) in [5.41, 5.74) is 0.480. The number of hydrogen-bond acceptors (Lipinski definition) is 5. The van der Waals surface area contributed by atoms with Crippen LogP contribution < -0.4 is 15.4 Å². The highest BCUT2D eigenvalue weighted by atomic mass is 35.5. The van der Waals surface area contributed by atoms with Crippen molar-refractivity contribution in [3.05, 3.63) is 23.2 Å². The van der Waals surface area contributed by atoms with Gasteiger partial charge in [0.15, 0.2) is 5.17 Å². The van der Waals surface area contributed by atoms with Crippen molar-refractivity contribution in [1.82, 2.24) is 5.32 Å². The van der Waals surface area contributed by atoms with Crippen LogP contribution >= 0.6 is 23.4 Å². The molecule has 8 heteroatoms. The van der Waals surface area contributed by atoms with Crippen molar-refractivity contribution in [3.8, 4) is 5.75 Å². The number of aliphatic imine (C=N–C) groups is 1. The third kappa shape index (κ3) is 4.87. The molecule has 1 aromatic carbocycles. The van der Waals surface area contributed by atoms with Crippen LogP contribution in [0.5, 0.6) is 5.75 Å². The van der Waals surface area contributed by atoms with Crippen LogP contribution in [0.2, 0.25) is 5.02 Å². The summed E-state index contributed by atoms with van der Waals surface area (Å²) in [4.78, 5) is 28.3. The molecule has 2 amide bonds. The van der Waals surface area contributed by atoms with Gasteiger partial charge in [0.05, 0.1) is 12.8 Å². The second kappa shape index (κ2) is 8.21. The minimum Gasteiger partial charge on any atom is -0.495 e. The lowest BCUT2D eigenvalue weighted by atomic mass is 10.2. The van der Waals surface area contributed by atoms with E-state index < -0.39 is 5.25 Å². The SMILES string of the molecule is CCCN=C1NC(=O)C(CC(=O)Nc2cc(Cl)ccc2OC)S1. The Hall–Kier alpha value is -1.73. The minimum absolute atomic E-state index is 0.0529. The summed E-state index contributed by atoms with van der Waals surface area (Å²) in [6, 6.07) is 4.95. The molecule has 0 saturated carbocycles. The molecule has 1 fully saturated rings. The van der Waals surface area contributed by atoms with E-state index >= 15 is 0 Å². The number of thioether (sulfide) groups is 1. The Morgan fingerprint density at radius 2 is 2.30 bits per heavy atom. The smallest absolute Gasteiger partial charge is 0.240 e. The van der Waals surface area contributed by atoms with Crippen LogP contribution in [-0.2, 0) is 9.59 Å². The molecule has 1 atom stereocenters. The number of methoxy groups -OCH3 is 1. The molecule has 6 nitrogen and oxygen atoms in total. The fourth-order valence-corrected chi connectivity index (χ4v) is 3.14. The maximum atomic E-state index is 12.2. The van der Waals surface area contributed by atoms with E-state index in [1.54, 1.807) is 18.2 Å². The van der Waals surface area contributed by atoms with E-state index in [4.69, 9.17) is 16.3 Å². The predicted molar refractivity (Wildman–Crippen MR) is 93.4 cm³/mol. The van der Waals surface area contributed by atoms with E-state index in [2.05, 4.69) is 15.6 Å². The summed E-state index contributed by atoms with van der Waals surface area (Å²) in [6.07, 6.45) is 0.955. The topological polar surface area (TPSA) is 79.8 Å². The Kier molecular flexibility index (Phi) is 6.29. The molecule has 2 N–H and O–H groups in total. The molecule has 2 rings (SSSR count). The van der Waals surface area contributed by atoms with Gasteiger partial charge in [-0.1, -0.05) is 30.3 Å². The second-order valence-corrected chi connectivity index (χ2v) is 6.51. The standard InChI is InChI=1S/C15H18ClN3O3S/c1-3-6-17-15-19-14(21)12(23-15)8-13(20)18-10-7-9(16)4-5-11(10)22-2/h4-5,7,12H,3,6,8H2,1-2H3,(H,18,20)(H,17,19,21). The van der Waals surface area contributed by atoms with Gasteiger partial charge in [0.2, 0.25) is 11.8 Å². The van der Waals surface area contributed by atoms with Crippen LogP contribution in [0.15, 0.2) is 23.2 Å². The van der Waals surface area contributed by atoms with Crippen molar-refractivity contribution >= 4 is 46.0 Å². The van der Waals surface area contributed by atoms with E-state index in [0.717, 1.165) is 6.42 Å². The second-order valence-electron chi connectivity index (χ2n) is 4.88. The fourth-order valence-electron chi connectivity index (χ4n) is 1.98. The number of halogens is 1. The van der Waals surface area contributed by atoms with Crippen LogP contribution in [0, 0.1) is 0 Å². The normalized spacial score (nSPS) is 18.8. The van der Waals surface area contributed by atoms with Crippen LogP contribution in [0.3, 0.4) is 0 Å². The molecule has 0 bridgehead atoms. The van der Waals surface area contributed by atoms with Crippen LogP contribution in [0.1, 0.15) is 19.8 Å². The first-order valence-corrected chi connectivity index (χ1v) is 8.44. The van der Waals surface area contributed by atoms with Gasteiger partial charge in [-0.25, -0.2) is 0 Å². The largest absolute Gasteiger partial charge is 0.495 e. The van der Waals surface area contributed by atoms with Crippen molar-refractivity contribution in [2.24, 2.45) is 4.99 Å². The maximum Gasteiger partial charge on any atom is 0.240 e. The Balaban J connectivity index is 1.98. The van der Waals surface area contributed by atoms with Gasteiger partial charge in [-0.3, -0.25) is 14.6 Å². The monoisotopic (exact) mass is 355 g/mol. The number of hydrogen-bond donors (Lipinski definition) is 2. The number of rotatable bonds is 6. The number of anilines is 1. The average Bonchev–Trinajstić information content (AvgIpc) is 2.85. The maximum absolute atomic E-state index is 12.2. The molecule has 1 aliphatic heterocycles. The van der Waals surface area contributed by atoms with Crippen LogP contribution in [0.25, 0.3) is 0 Å². The number of benzene rings is 1. The van der Waals surface area contributed by atoms with Crippen molar-refractivity contribution in [2.45, 2.75) is 25.0 Å². The zero-order chi connectivity index (χ0) is 16.8. The summed E-state index contributed by atoms with van der Waals surface area (Å²) in [7, 11) is 1.51.